The van der Waals surface area contributed by atoms with Crippen LogP contribution in [0.25, 0.3) is 16.4 Å². The molecule has 0 saturated heterocycles. The summed E-state index contributed by atoms with van der Waals surface area (Å²) < 4.78 is 15.0. The quantitative estimate of drug-likeness (QED) is 0.218. The third kappa shape index (κ3) is 4.82. The summed E-state index contributed by atoms with van der Waals surface area (Å²) in [7, 11) is 3.33. The maximum atomic E-state index is 13.2. The molecule has 0 bridgehead atoms. The van der Waals surface area contributed by atoms with Crippen LogP contribution in [0.2, 0.25) is 0 Å². The minimum Gasteiger partial charge on any atom is -0.495 e. The lowest BCUT2D eigenvalue weighted by Crippen LogP contribution is -2.10. The van der Waals surface area contributed by atoms with Gasteiger partial charge in [0.2, 0.25) is 0 Å². The number of thiophene rings is 1. The molecule has 178 valence electrons. The minimum absolute atomic E-state index is 0.0604. The molecule has 9 heteroatoms. The summed E-state index contributed by atoms with van der Waals surface area (Å²) in [4.78, 5) is 14.2. The molecule has 7 nitrogen and oxygen atoms in total. The van der Waals surface area contributed by atoms with Crippen LogP contribution < -0.4 is 4.74 Å². The van der Waals surface area contributed by atoms with Crippen LogP contribution in [0, 0.1) is 20.8 Å². The van der Waals surface area contributed by atoms with E-state index in [0.717, 1.165) is 51.2 Å². The van der Waals surface area contributed by atoms with E-state index in [1.807, 2.05) is 61.1 Å². The number of hydrogen-bond donors (Lipinski definition) is 0. The summed E-state index contributed by atoms with van der Waals surface area (Å²) in [5, 5.41) is 11.6. The number of Topliss-reactive ketones (excluding diaryl/α,β-unsaturated/α-hetero) is 1. The number of carbonyl (C=O) groups excluding carboxylic acids is 1. The number of thioether (sulfide) groups is 1. The van der Waals surface area contributed by atoms with Crippen LogP contribution in [0.3, 0.4) is 0 Å². The average molecular weight is 497 g/mol. The second kappa shape index (κ2) is 10.6. The summed E-state index contributed by atoms with van der Waals surface area (Å²) in [5.41, 5.74) is 4.69. The molecule has 0 aliphatic rings. The van der Waals surface area contributed by atoms with E-state index in [0.29, 0.717) is 11.8 Å². The highest BCUT2D eigenvalue weighted by Crippen LogP contribution is 2.35. The zero-order valence-electron chi connectivity index (χ0n) is 20.0. The summed E-state index contributed by atoms with van der Waals surface area (Å²) in [6.45, 7) is 7.36. The SMILES string of the molecule is COCCn1c(C)cc(C(=O)CSc2nnc(-c3cccs3)n2-c2cc(C)ccc2OC)c1C. The largest absolute Gasteiger partial charge is 0.495 e. The Morgan fingerprint density at radius 3 is 2.65 bits per heavy atom. The van der Waals surface area contributed by atoms with Crippen LogP contribution in [0.5, 0.6) is 5.75 Å². The van der Waals surface area contributed by atoms with Crippen molar-refractivity contribution in [1.82, 2.24) is 19.3 Å². The van der Waals surface area contributed by atoms with Gasteiger partial charge in [-0.1, -0.05) is 23.9 Å². The molecule has 0 fully saturated rings. The number of methoxy groups -OCH3 is 2. The van der Waals surface area contributed by atoms with Gasteiger partial charge in [-0.2, -0.15) is 0 Å². The molecule has 0 radical (unpaired) electrons. The van der Waals surface area contributed by atoms with Crippen LogP contribution in [-0.2, 0) is 11.3 Å². The monoisotopic (exact) mass is 496 g/mol. The van der Waals surface area contributed by atoms with Crippen LogP contribution in [0.1, 0.15) is 27.3 Å². The van der Waals surface area contributed by atoms with Crippen molar-refractivity contribution >= 4 is 28.9 Å². The predicted octanol–water partition coefficient (Wildman–Crippen LogP) is 5.35. The van der Waals surface area contributed by atoms with Gasteiger partial charge in [-0.25, -0.2) is 0 Å². The van der Waals surface area contributed by atoms with E-state index < -0.39 is 0 Å². The molecule has 4 aromatic rings. The van der Waals surface area contributed by atoms with Crippen molar-refractivity contribution in [2.45, 2.75) is 32.5 Å². The molecular formula is C25H28N4O3S2. The Morgan fingerprint density at radius 1 is 1.12 bits per heavy atom. The molecule has 0 atom stereocenters. The maximum Gasteiger partial charge on any atom is 0.196 e. The van der Waals surface area contributed by atoms with Crippen molar-refractivity contribution < 1.29 is 14.3 Å². The highest BCUT2D eigenvalue weighted by molar-refractivity contribution is 7.99. The Morgan fingerprint density at radius 2 is 1.94 bits per heavy atom. The lowest BCUT2D eigenvalue weighted by molar-refractivity contribution is 0.102. The molecule has 0 aliphatic carbocycles. The summed E-state index contributed by atoms with van der Waals surface area (Å²) >= 11 is 2.98. The Labute approximate surface area is 207 Å². The standard InChI is InChI=1S/C25H28N4O3S2/c1-16-8-9-22(32-5)20(13-16)29-24(23-7-6-12-33-23)26-27-25(29)34-15-21(30)19-14-17(2)28(18(19)3)10-11-31-4/h6-9,12-14H,10-11,15H2,1-5H3. The van der Waals surface area contributed by atoms with E-state index in [9.17, 15) is 4.79 Å². The van der Waals surface area contributed by atoms with Crippen molar-refractivity contribution in [2.75, 3.05) is 26.6 Å². The average Bonchev–Trinajstić information content (AvgIpc) is 3.56. The molecule has 34 heavy (non-hydrogen) atoms. The van der Waals surface area contributed by atoms with Crippen molar-refractivity contribution in [2.24, 2.45) is 0 Å². The first kappa shape index (κ1) is 24.3. The first-order chi connectivity index (χ1) is 16.4. The van der Waals surface area contributed by atoms with Crippen LogP contribution >= 0.6 is 23.1 Å². The fraction of sp³-hybridized carbons (Fsp3) is 0.320. The lowest BCUT2D eigenvalue weighted by Gasteiger charge is -2.14. The van der Waals surface area contributed by atoms with E-state index in [1.54, 1.807) is 25.6 Å². The number of ketones is 1. The van der Waals surface area contributed by atoms with E-state index >= 15 is 0 Å². The molecule has 0 spiro atoms. The summed E-state index contributed by atoms with van der Waals surface area (Å²) in [5.74, 6) is 1.76. The lowest BCUT2D eigenvalue weighted by atomic mass is 10.2. The van der Waals surface area contributed by atoms with E-state index in [2.05, 4.69) is 20.8 Å². The number of aryl methyl sites for hydroxylation is 2. The molecule has 0 unspecified atom stereocenters. The first-order valence-corrected chi connectivity index (χ1v) is 12.8. The van der Waals surface area contributed by atoms with E-state index in [1.165, 1.54) is 11.8 Å². The second-order valence-corrected chi connectivity index (χ2v) is 9.83. The highest BCUT2D eigenvalue weighted by atomic mass is 32.2. The molecular weight excluding hydrogens is 468 g/mol. The molecule has 0 aliphatic heterocycles. The first-order valence-electron chi connectivity index (χ1n) is 10.9. The van der Waals surface area contributed by atoms with Gasteiger partial charge in [-0.3, -0.25) is 9.36 Å². The Hall–Kier alpha value is -2.88. The molecule has 3 aromatic heterocycles. The van der Waals surface area contributed by atoms with Crippen molar-refractivity contribution in [3.63, 3.8) is 0 Å². The second-order valence-electron chi connectivity index (χ2n) is 7.94. The zero-order valence-corrected chi connectivity index (χ0v) is 21.6. The van der Waals surface area contributed by atoms with Crippen molar-refractivity contribution in [3.05, 3.63) is 64.3 Å². The molecule has 0 N–H and O–H groups in total. The fourth-order valence-corrected chi connectivity index (χ4v) is 5.47. The molecule has 4 rings (SSSR count). The van der Waals surface area contributed by atoms with Gasteiger partial charge in [0.05, 0.1) is 30.0 Å². The van der Waals surface area contributed by atoms with Crippen LogP contribution in [0.4, 0.5) is 0 Å². The number of benzene rings is 1. The van der Waals surface area contributed by atoms with Gasteiger partial charge in [0.15, 0.2) is 16.8 Å². The third-order valence-corrected chi connectivity index (χ3v) is 7.47. The Bertz CT molecular complexity index is 1290. The van der Waals surface area contributed by atoms with E-state index in [-0.39, 0.29) is 11.5 Å². The van der Waals surface area contributed by atoms with Gasteiger partial charge < -0.3 is 14.0 Å². The Kier molecular flexibility index (Phi) is 7.55. The van der Waals surface area contributed by atoms with Gasteiger partial charge in [0.25, 0.3) is 0 Å². The topological polar surface area (TPSA) is 71.2 Å². The Balaban J connectivity index is 1.66. The maximum absolute atomic E-state index is 13.2. The third-order valence-electron chi connectivity index (χ3n) is 5.68. The number of carbonyl (C=O) groups is 1. The van der Waals surface area contributed by atoms with Gasteiger partial charge in [-0.05, 0) is 56.0 Å². The van der Waals surface area contributed by atoms with Crippen molar-refractivity contribution in [1.29, 1.82) is 0 Å². The molecule has 0 amide bonds. The fourth-order valence-electron chi connectivity index (χ4n) is 3.94. The number of aromatic nitrogens is 4. The molecule has 1 aromatic carbocycles. The van der Waals surface area contributed by atoms with Gasteiger partial charge in [0, 0.05) is 30.6 Å². The van der Waals surface area contributed by atoms with Gasteiger partial charge in [0.1, 0.15) is 5.75 Å². The highest BCUT2D eigenvalue weighted by Gasteiger charge is 2.22. The van der Waals surface area contributed by atoms with Crippen molar-refractivity contribution in [3.8, 4) is 22.1 Å². The van der Waals surface area contributed by atoms with E-state index in [4.69, 9.17) is 9.47 Å². The predicted molar refractivity (Wildman–Crippen MR) is 137 cm³/mol. The van der Waals surface area contributed by atoms with Gasteiger partial charge in [-0.15, -0.1) is 21.5 Å². The summed E-state index contributed by atoms with van der Waals surface area (Å²) in [6.07, 6.45) is 0. The number of nitrogens with zero attached hydrogens (tertiary/aromatic N) is 4. The number of hydrogen-bond acceptors (Lipinski definition) is 7. The minimum atomic E-state index is 0.0604. The molecule has 0 saturated carbocycles. The molecule has 3 heterocycles. The van der Waals surface area contributed by atoms with Crippen LogP contribution in [-0.4, -0.2) is 51.7 Å². The zero-order chi connectivity index (χ0) is 24.2. The number of ether oxygens (including phenoxy) is 2. The normalized spacial score (nSPS) is 11.2. The number of rotatable bonds is 10. The van der Waals surface area contributed by atoms with Crippen LogP contribution in [0.15, 0.2) is 46.9 Å². The summed E-state index contributed by atoms with van der Waals surface area (Å²) in [6, 6.07) is 12.0. The van der Waals surface area contributed by atoms with Gasteiger partial charge >= 0.3 is 0 Å². The smallest absolute Gasteiger partial charge is 0.196 e.